The Balaban J connectivity index is 2.31. The Morgan fingerprint density at radius 3 is 2.61 bits per heavy atom. The van der Waals surface area contributed by atoms with E-state index in [0.717, 1.165) is 13.0 Å². The summed E-state index contributed by atoms with van der Waals surface area (Å²) in [7, 11) is 0. The van der Waals surface area contributed by atoms with E-state index >= 15 is 0 Å². The SMILES string of the molecule is CCNC(C)CC(=O)NC(C)Cc1ccc(C)s1. The van der Waals surface area contributed by atoms with E-state index in [2.05, 4.69) is 43.5 Å². The summed E-state index contributed by atoms with van der Waals surface area (Å²) in [4.78, 5) is 14.4. The molecule has 1 aromatic rings. The Labute approximate surface area is 114 Å². The third-order valence-electron chi connectivity index (χ3n) is 2.75. The van der Waals surface area contributed by atoms with Crippen molar-refractivity contribution in [3.05, 3.63) is 21.9 Å². The van der Waals surface area contributed by atoms with E-state index in [1.807, 2.05) is 6.92 Å². The van der Waals surface area contributed by atoms with Crippen molar-refractivity contribution in [2.75, 3.05) is 6.54 Å². The summed E-state index contributed by atoms with van der Waals surface area (Å²) < 4.78 is 0. The molecule has 0 aliphatic carbocycles. The van der Waals surface area contributed by atoms with E-state index in [1.165, 1.54) is 9.75 Å². The molecular formula is C14H24N2OS. The molecule has 1 heterocycles. The first-order chi connectivity index (χ1) is 8.51. The quantitative estimate of drug-likeness (QED) is 0.798. The standard InChI is InChI=1S/C14H24N2OS/c1-5-15-10(2)9-14(17)16-11(3)8-13-7-6-12(4)18-13/h6-7,10-11,15H,5,8-9H2,1-4H3,(H,16,17). The molecule has 1 rings (SSSR count). The first-order valence-corrected chi connectivity index (χ1v) is 7.41. The van der Waals surface area contributed by atoms with Crippen LogP contribution in [0, 0.1) is 6.92 Å². The molecule has 0 aromatic carbocycles. The van der Waals surface area contributed by atoms with Crippen molar-refractivity contribution in [2.24, 2.45) is 0 Å². The van der Waals surface area contributed by atoms with Crippen molar-refractivity contribution >= 4 is 17.2 Å². The molecule has 3 nitrogen and oxygen atoms in total. The highest BCUT2D eigenvalue weighted by Gasteiger charge is 2.11. The Kier molecular flexibility index (Phi) is 6.36. The molecule has 2 atom stereocenters. The summed E-state index contributed by atoms with van der Waals surface area (Å²) in [5, 5.41) is 6.30. The summed E-state index contributed by atoms with van der Waals surface area (Å²) in [6, 6.07) is 4.71. The minimum absolute atomic E-state index is 0.129. The molecular weight excluding hydrogens is 244 g/mol. The predicted molar refractivity (Wildman–Crippen MR) is 78.1 cm³/mol. The van der Waals surface area contributed by atoms with Gasteiger partial charge in [0.2, 0.25) is 5.91 Å². The molecule has 2 unspecified atom stereocenters. The second-order valence-electron chi connectivity index (χ2n) is 4.85. The Bertz CT molecular complexity index is 376. The van der Waals surface area contributed by atoms with Gasteiger partial charge in [-0.25, -0.2) is 0 Å². The maximum absolute atomic E-state index is 11.8. The average molecular weight is 268 g/mol. The zero-order chi connectivity index (χ0) is 13.5. The molecule has 2 N–H and O–H groups in total. The van der Waals surface area contributed by atoms with Crippen molar-refractivity contribution in [2.45, 2.75) is 52.6 Å². The van der Waals surface area contributed by atoms with Crippen LogP contribution in [-0.4, -0.2) is 24.5 Å². The molecule has 0 bridgehead atoms. The summed E-state index contributed by atoms with van der Waals surface area (Å²) in [6.45, 7) is 9.16. The monoisotopic (exact) mass is 268 g/mol. The molecule has 0 saturated carbocycles. The molecule has 18 heavy (non-hydrogen) atoms. The second kappa shape index (κ2) is 7.54. The molecule has 102 valence electrons. The Morgan fingerprint density at radius 2 is 2.06 bits per heavy atom. The topological polar surface area (TPSA) is 41.1 Å². The van der Waals surface area contributed by atoms with Gasteiger partial charge < -0.3 is 10.6 Å². The average Bonchev–Trinajstić information content (AvgIpc) is 2.63. The van der Waals surface area contributed by atoms with Crippen LogP contribution in [0.15, 0.2) is 12.1 Å². The van der Waals surface area contributed by atoms with Gasteiger partial charge in [-0.3, -0.25) is 4.79 Å². The minimum Gasteiger partial charge on any atom is -0.353 e. The smallest absolute Gasteiger partial charge is 0.221 e. The maximum Gasteiger partial charge on any atom is 0.221 e. The van der Waals surface area contributed by atoms with Gasteiger partial charge in [0.15, 0.2) is 0 Å². The van der Waals surface area contributed by atoms with Crippen LogP contribution < -0.4 is 10.6 Å². The number of carbonyl (C=O) groups excluding carboxylic acids is 1. The number of rotatable bonds is 7. The lowest BCUT2D eigenvalue weighted by atomic mass is 10.1. The van der Waals surface area contributed by atoms with Crippen LogP contribution >= 0.6 is 11.3 Å². The van der Waals surface area contributed by atoms with E-state index in [1.54, 1.807) is 11.3 Å². The second-order valence-corrected chi connectivity index (χ2v) is 6.22. The lowest BCUT2D eigenvalue weighted by Crippen LogP contribution is -2.38. The number of amides is 1. The molecule has 0 aliphatic heterocycles. The normalized spacial score (nSPS) is 14.2. The highest BCUT2D eigenvalue weighted by molar-refractivity contribution is 7.11. The summed E-state index contributed by atoms with van der Waals surface area (Å²) in [6.07, 6.45) is 1.46. The fourth-order valence-corrected chi connectivity index (χ4v) is 3.00. The highest BCUT2D eigenvalue weighted by atomic mass is 32.1. The van der Waals surface area contributed by atoms with Crippen LogP contribution in [0.5, 0.6) is 0 Å². The third-order valence-corrected chi connectivity index (χ3v) is 3.78. The molecule has 1 amide bonds. The molecule has 0 radical (unpaired) electrons. The number of hydrogen-bond donors (Lipinski definition) is 2. The van der Waals surface area contributed by atoms with Crippen molar-refractivity contribution in [3.63, 3.8) is 0 Å². The van der Waals surface area contributed by atoms with Gasteiger partial charge in [0.1, 0.15) is 0 Å². The van der Waals surface area contributed by atoms with Crippen molar-refractivity contribution in [3.8, 4) is 0 Å². The first kappa shape index (κ1) is 15.2. The summed E-state index contributed by atoms with van der Waals surface area (Å²) in [5.41, 5.74) is 0. The number of thiophene rings is 1. The maximum atomic E-state index is 11.8. The van der Waals surface area contributed by atoms with Crippen molar-refractivity contribution in [1.29, 1.82) is 0 Å². The van der Waals surface area contributed by atoms with Gasteiger partial charge in [-0.2, -0.15) is 0 Å². The fourth-order valence-electron chi connectivity index (χ4n) is 1.98. The van der Waals surface area contributed by atoms with Gasteiger partial charge in [-0.15, -0.1) is 11.3 Å². The molecule has 1 aromatic heterocycles. The van der Waals surface area contributed by atoms with Crippen LogP contribution in [0.2, 0.25) is 0 Å². The Morgan fingerprint density at radius 1 is 1.33 bits per heavy atom. The van der Waals surface area contributed by atoms with Gasteiger partial charge in [-0.1, -0.05) is 6.92 Å². The van der Waals surface area contributed by atoms with Crippen LogP contribution in [0.3, 0.4) is 0 Å². The highest BCUT2D eigenvalue weighted by Crippen LogP contribution is 2.16. The lowest BCUT2D eigenvalue weighted by Gasteiger charge is -2.16. The zero-order valence-corrected chi connectivity index (χ0v) is 12.6. The number of nitrogens with one attached hydrogen (secondary N) is 2. The van der Waals surface area contributed by atoms with Crippen molar-refractivity contribution < 1.29 is 4.79 Å². The number of carbonyl (C=O) groups is 1. The largest absolute Gasteiger partial charge is 0.353 e. The zero-order valence-electron chi connectivity index (χ0n) is 11.7. The lowest BCUT2D eigenvalue weighted by molar-refractivity contribution is -0.122. The Hall–Kier alpha value is -0.870. The first-order valence-electron chi connectivity index (χ1n) is 6.59. The van der Waals surface area contributed by atoms with Crippen LogP contribution in [0.4, 0.5) is 0 Å². The molecule has 0 fully saturated rings. The van der Waals surface area contributed by atoms with E-state index in [4.69, 9.17) is 0 Å². The fraction of sp³-hybridized carbons (Fsp3) is 0.643. The van der Waals surface area contributed by atoms with Crippen molar-refractivity contribution in [1.82, 2.24) is 10.6 Å². The number of hydrogen-bond acceptors (Lipinski definition) is 3. The summed E-state index contributed by atoms with van der Waals surface area (Å²) >= 11 is 1.80. The van der Waals surface area contributed by atoms with Gasteiger partial charge in [0.05, 0.1) is 0 Å². The van der Waals surface area contributed by atoms with Gasteiger partial charge in [0, 0.05) is 34.7 Å². The molecule has 0 spiro atoms. The third kappa shape index (κ3) is 5.65. The minimum atomic E-state index is 0.129. The number of aryl methyl sites for hydroxylation is 1. The van der Waals surface area contributed by atoms with E-state index in [9.17, 15) is 4.79 Å². The summed E-state index contributed by atoms with van der Waals surface area (Å²) in [5.74, 6) is 0.129. The molecule has 0 saturated heterocycles. The van der Waals surface area contributed by atoms with Crippen LogP contribution in [0.25, 0.3) is 0 Å². The van der Waals surface area contributed by atoms with Gasteiger partial charge in [0.25, 0.3) is 0 Å². The van der Waals surface area contributed by atoms with Gasteiger partial charge in [-0.05, 0) is 39.4 Å². The van der Waals surface area contributed by atoms with E-state index in [-0.39, 0.29) is 18.0 Å². The van der Waals surface area contributed by atoms with Crippen LogP contribution in [-0.2, 0) is 11.2 Å². The van der Waals surface area contributed by atoms with E-state index in [0.29, 0.717) is 6.42 Å². The molecule has 4 heteroatoms. The predicted octanol–water partition coefficient (Wildman–Crippen LogP) is 2.49. The molecule has 0 aliphatic rings. The van der Waals surface area contributed by atoms with E-state index < -0.39 is 0 Å². The van der Waals surface area contributed by atoms with Crippen LogP contribution in [0.1, 0.15) is 36.9 Å². The van der Waals surface area contributed by atoms with Gasteiger partial charge >= 0.3 is 0 Å².